The van der Waals surface area contributed by atoms with Gasteiger partial charge in [-0.1, -0.05) is 56.7 Å². The number of ether oxygens (including phenoxy) is 1. The SMILES string of the molecule is CCCCCCCCc1ccc(OC2CNC(CO)C2)c(Cl)c1. The summed E-state index contributed by atoms with van der Waals surface area (Å²) >= 11 is 6.36. The fourth-order valence-electron chi connectivity index (χ4n) is 3.10. The number of nitrogens with one attached hydrogen (secondary N) is 1. The fourth-order valence-corrected chi connectivity index (χ4v) is 3.34. The number of halogens is 1. The molecule has 2 rings (SSSR count). The van der Waals surface area contributed by atoms with Gasteiger partial charge in [0.05, 0.1) is 11.6 Å². The Hall–Kier alpha value is -0.770. The summed E-state index contributed by atoms with van der Waals surface area (Å²) in [6.07, 6.45) is 9.87. The number of unbranched alkanes of at least 4 members (excludes halogenated alkanes) is 5. The highest BCUT2D eigenvalue weighted by molar-refractivity contribution is 6.32. The van der Waals surface area contributed by atoms with Gasteiger partial charge in [-0.2, -0.15) is 0 Å². The van der Waals surface area contributed by atoms with Crippen LogP contribution in [-0.4, -0.2) is 30.4 Å². The second kappa shape index (κ2) is 10.2. The maximum absolute atomic E-state index is 9.15. The van der Waals surface area contributed by atoms with Gasteiger partial charge >= 0.3 is 0 Å². The molecule has 1 saturated heterocycles. The molecule has 1 fully saturated rings. The van der Waals surface area contributed by atoms with E-state index in [1.807, 2.05) is 12.1 Å². The third kappa shape index (κ3) is 6.33. The molecule has 0 bridgehead atoms. The van der Waals surface area contributed by atoms with Crippen LogP contribution in [0.1, 0.15) is 57.4 Å². The number of hydrogen-bond acceptors (Lipinski definition) is 3. The molecule has 1 heterocycles. The summed E-state index contributed by atoms with van der Waals surface area (Å²) in [5.41, 5.74) is 1.29. The molecule has 0 spiro atoms. The lowest BCUT2D eigenvalue weighted by molar-refractivity contribution is 0.206. The maximum Gasteiger partial charge on any atom is 0.138 e. The molecule has 3 nitrogen and oxygen atoms in total. The van der Waals surface area contributed by atoms with Crippen LogP contribution >= 0.6 is 11.6 Å². The summed E-state index contributed by atoms with van der Waals surface area (Å²) in [5, 5.41) is 13.1. The lowest BCUT2D eigenvalue weighted by Crippen LogP contribution is -2.25. The van der Waals surface area contributed by atoms with Crippen molar-refractivity contribution in [3.8, 4) is 5.75 Å². The molecule has 2 unspecified atom stereocenters. The quantitative estimate of drug-likeness (QED) is 0.623. The minimum Gasteiger partial charge on any atom is -0.487 e. The molecule has 0 aromatic heterocycles. The van der Waals surface area contributed by atoms with Crippen LogP contribution in [0.5, 0.6) is 5.75 Å². The summed E-state index contributed by atoms with van der Waals surface area (Å²) in [5.74, 6) is 0.753. The fraction of sp³-hybridized carbons (Fsp3) is 0.684. The zero-order valence-electron chi connectivity index (χ0n) is 14.2. The van der Waals surface area contributed by atoms with Crippen molar-refractivity contribution in [1.29, 1.82) is 0 Å². The van der Waals surface area contributed by atoms with Crippen molar-refractivity contribution >= 4 is 11.6 Å². The Kier molecular flexibility index (Phi) is 8.21. The van der Waals surface area contributed by atoms with E-state index in [4.69, 9.17) is 21.4 Å². The molecule has 1 aliphatic rings. The maximum atomic E-state index is 9.15. The van der Waals surface area contributed by atoms with Crippen molar-refractivity contribution in [3.05, 3.63) is 28.8 Å². The molecule has 0 amide bonds. The number of benzene rings is 1. The predicted molar refractivity (Wildman–Crippen MR) is 96.4 cm³/mol. The molecule has 4 heteroatoms. The van der Waals surface area contributed by atoms with Crippen molar-refractivity contribution in [1.82, 2.24) is 5.32 Å². The largest absolute Gasteiger partial charge is 0.487 e. The Morgan fingerprint density at radius 3 is 2.70 bits per heavy atom. The third-order valence-electron chi connectivity index (χ3n) is 4.51. The van der Waals surface area contributed by atoms with Gasteiger partial charge in [0.15, 0.2) is 0 Å². The van der Waals surface area contributed by atoms with Crippen molar-refractivity contribution < 1.29 is 9.84 Å². The first-order chi connectivity index (χ1) is 11.2. The van der Waals surface area contributed by atoms with Gasteiger partial charge in [-0.05, 0) is 30.5 Å². The topological polar surface area (TPSA) is 41.5 Å². The van der Waals surface area contributed by atoms with Gasteiger partial charge in [0.25, 0.3) is 0 Å². The monoisotopic (exact) mass is 339 g/mol. The molecule has 2 atom stereocenters. The Bertz CT molecular complexity index is 467. The zero-order valence-corrected chi connectivity index (χ0v) is 14.9. The standard InChI is InChI=1S/C19H30ClNO2/c1-2-3-4-5-6-7-8-15-9-10-19(18(20)11-15)23-17-12-16(14-22)21-13-17/h9-11,16-17,21-22H,2-8,12-14H2,1H3. The molecule has 0 radical (unpaired) electrons. The summed E-state index contributed by atoms with van der Waals surface area (Å²) in [7, 11) is 0. The Balaban J connectivity index is 1.74. The van der Waals surface area contributed by atoms with Crippen LogP contribution in [0.25, 0.3) is 0 Å². The van der Waals surface area contributed by atoms with Crippen LogP contribution < -0.4 is 10.1 Å². The summed E-state index contributed by atoms with van der Waals surface area (Å²) in [6.45, 7) is 3.17. The molecular weight excluding hydrogens is 310 g/mol. The average Bonchev–Trinajstić information content (AvgIpc) is 3.01. The first-order valence-electron chi connectivity index (χ1n) is 9.02. The van der Waals surface area contributed by atoms with Gasteiger partial charge in [-0.15, -0.1) is 0 Å². The first kappa shape index (κ1) is 18.6. The minimum absolute atomic E-state index is 0.0917. The van der Waals surface area contributed by atoms with Gasteiger partial charge in [0, 0.05) is 19.0 Å². The summed E-state index contributed by atoms with van der Waals surface area (Å²) in [4.78, 5) is 0. The van der Waals surface area contributed by atoms with Gasteiger partial charge in [-0.3, -0.25) is 0 Å². The highest BCUT2D eigenvalue weighted by atomic mass is 35.5. The molecular formula is C19H30ClNO2. The number of aryl methyl sites for hydroxylation is 1. The highest BCUT2D eigenvalue weighted by Gasteiger charge is 2.25. The van der Waals surface area contributed by atoms with Crippen molar-refractivity contribution in [2.45, 2.75) is 70.4 Å². The van der Waals surface area contributed by atoms with E-state index in [9.17, 15) is 0 Å². The van der Waals surface area contributed by atoms with E-state index in [0.29, 0.717) is 5.02 Å². The van der Waals surface area contributed by atoms with E-state index < -0.39 is 0 Å². The van der Waals surface area contributed by atoms with Crippen LogP contribution in [0.15, 0.2) is 18.2 Å². The molecule has 130 valence electrons. The molecule has 1 aromatic carbocycles. The second-order valence-corrected chi connectivity index (χ2v) is 6.95. The zero-order chi connectivity index (χ0) is 16.5. The number of hydrogen-bond donors (Lipinski definition) is 2. The Labute approximate surface area is 145 Å². The predicted octanol–water partition coefficient (Wildman–Crippen LogP) is 4.34. The van der Waals surface area contributed by atoms with Crippen LogP contribution in [0.4, 0.5) is 0 Å². The molecule has 2 N–H and O–H groups in total. The van der Waals surface area contributed by atoms with Crippen LogP contribution in [0.2, 0.25) is 5.02 Å². The van der Waals surface area contributed by atoms with Crippen molar-refractivity contribution in [2.75, 3.05) is 13.2 Å². The van der Waals surface area contributed by atoms with Crippen LogP contribution in [0, 0.1) is 0 Å². The van der Waals surface area contributed by atoms with E-state index in [-0.39, 0.29) is 18.8 Å². The van der Waals surface area contributed by atoms with E-state index in [2.05, 4.69) is 18.3 Å². The van der Waals surface area contributed by atoms with Gasteiger partial charge < -0.3 is 15.2 Å². The van der Waals surface area contributed by atoms with E-state index in [1.165, 1.54) is 44.1 Å². The Morgan fingerprint density at radius 1 is 1.22 bits per heavy atom. The number of aliphatic hydroxyl groups excluding tert-OH is 1. The van der Waals surface area contributed by atoms with Gasteiger partial charge in [-0.25, -0.2) is 0 Å². The summed E-state index contributed by atoms with van der Waals surface area (Å²) in [6, 6.07) is 6.29. The summed E-state index contributed by atoms with van der Waals surface area (Å²) < 4.78 is 5.96. The first-order valence-corrected chi connectivity index (χ1v) is 9.40. The highest BCUT2D eigenvalue weighted by Crippen LogP contribution is 2.28. The lowest BCUT2D eigenvalue weighted by Gasteiger charge is -2.15. The second-order valence-electron chi connectivity index (χ2n) is 6.55. The lowest BCUT2D eigenvalue weighted by atomic mass is 10.0. The van der Waals surface area contributed by atoms with Crippen LogP contribution in [-0.2, 0) is 6.42 Å². The normalized spacial score (nSPS) is 20.8. The molecule has 1 aromatic rings. The molecule has 23 heavy (non-hydrogen) atoms. The van der Waals surface area contributed by atoms with Crippen molar-refractivity contribution in [2.24, 2.45) is 0 Å². The third-order valence-corrected chi connectivity index (χ3v) is 4.81. The van der Waals surface area contributed by atoms with Gasteiger partial charge in [0.1, 0.15) is 11.9 Å². The van der Waals surface area contributed by atoms with Gasteiger partial charge in [0.2, 0.25) is 0 Å². The van der Waals surface area contributed by atoms with Crippen molar-refractivity contribution in [3.63, 3.8) is 0 Å². The number of rotatable bonds is 10. The number of aliphatic hydroxyl groups is 1. The molecule has 1 aliphatic heterocycles. The molecule has 0 saturated carbocycles. The average molecular weight is 340 g/mol. The van der Waals surface area contributed by atoms with E-state index in [0.717, 1.165) is 25.1 Å². The van der Waals surface area contributed by atoms with Crippen LogP contribution in [0.3, 0.4) is 0 Å². The smallest absolute Gasteiger partial charge is 0.138 e. The van der Waals surface area contributed by atoms with E-state index >= 15 is 0 Å². The minimum atomic E-state index is 0.0917. The Morgan fingerprint density at radius 2 is 2.00 bits per heavy atom. The molecule has 0 aliphatic carbocycles. The van der Waals surface area contributed by atoms with E-state index in [1.54, 1.807) is 0 Å².